The van der Waals surface area contributed by atoms with Gasteiger partial charge in [0.05, 0.1) is 12.6 Å². The average molecular weight is 442 g/mol. The van der Waals surface area contributed by atoms with Gasteiger partial charge in [-0.25, -0.2) is 0 Å². The third kappa shape index (κ3) is 6.29. The molecule has 1 N–H and O–H groups in total. The van der Waals surface area contributed by atoms with E-state index >= 15 is 0 Å². The van der Waals surface area contributed by atoms with E-state index in [1.165, 1.54) is 5.56 Å². The maximum Gasteiger partial charge on any atom is 0.227 e. The molecule has 0 aliphatic rings. The van der Waals surface area contributed by atoms with Gasteiger partial charge in [0.25, 0.3) is 0 Å². The minimum Gasteiger partial charge on any atom is -0.494 e. The van der Waals surface area contributed by atoms with Crippen LogP contribution in [0.1, 0.15) is 36.4 Å². The highest BCUT2D eigenvalue weighted by Gasteiger charge is 2.17. The Labute approximate surface area is 193 Å². The van der Waals surface area contributed by atoms with Crippen molar-refractivity contribution in [3.05, 3.63) is 102 Å². The van der Waals surface area contributed by atoms with E-state index in [9.17, 15) is 4.79 Å². The highest BCUT2D eigenvalue weighted by Crippen LogP contribution is 2.21. The van der Waals surface area contributed by atoms with Crippen molar-refractivity contribution in [2.24, 2.45) is 0 Å². The van der Waals surface area contributed by atoms with Crippen LogP contribution >= 0.6 is 0 Å². The Morgan fingerprint density at radius 3 is 2.36 bits per heavy atom. The summed E-state index contributed by atoms with van der Waals surface area (Å²) in [6.45, 7) is 2.56. The van der Waals surface area contributed by atoms with Crippen molar-refractivity contribution in [1.29, 1.82) is 0 Å². The lowest BCUT2D eigenvalue weighted by Gasteiger charge is -2.19. The molecule has 6 heteroatoms. The predicted molar refractivity (Wildman–Crippen MR) is 127 cm³/mol. The summed E-state index contributed by atoms with van der Waals surface area (Å²) in [5.41, 5.74) is 3.08. The molecule has 0 saturated heterocycles. The molecule has 1 amide bonds. The third-order valence-corrected chi connectivity index (χ3v) is 5.28. The average Bonchev–Trinajstić information content (AvgIpc) is 3.33. The molecular weight excluding hydrogens is 414 g/mol. The molecule has 1 unspecified atom stereocenters. The molecule has 1 heterocycles. The maximum atomic E-state index is 12.8. The minimum atomic E-state index is -0.108. The monoisotopic (exact) mass is 441 g/mol. The fraction of sp³-hybridized carbons (Fsp3) is 0.222. The van der Waals surface area contributed by atoms with Crippen LogP contribution in [0.4, 0.5) is 0 Å². The molecule has 168 valence electrons. The smallest absolute Gasteiger partial charge is 0.227 e. The molecule has 1 atom stereocenters. The van der Waals surface area contributed by atoms with Gasteiger partial charge in [-0.3, -0.25) is 4.79 Å². The van der Waals surface area contributed by atoms with E-state index in [0.29, 0.717) is 24.7 Å². The fourth-order valence-corrected chi connectivity index (χ4v) is 3.61. The standard InChI is InChI=1S/C27H27N3O3/c1-2-32-23-15-13-22(14-16-23)27-29-26(33-30-27)18-17-25(31)28-24(21-11-7-4-8-12-21)19-20-9-5-3-6-10-20/h3-16,24H,2,17-19H2,1H3,(H,28,31). The number of nitrogens with zero attached hydrogens (tertiary/aromatic N) is 2. The molecule has 0 aliphatic heterocycles. The summed E-state index contributed by atoms with van der Waals surface area (Å²) in [6, 6.07) is 27.6. The molecule has 0 spiro atoms. The van der Waals surface area contributed by atoms with E-state index in [2.05, 4.69) is 27.6 Å². The number of carbonyl (C=O) groups is 1. The first-order valence-corrected chi connectivity index (χ1v) is 11.2. The summed E-state index contributed by atoms with van der Waals surface area (Å²) in [5, 5.41) is 7.21. The van der Waals surface area contributed by atoms with Crippen molar-refractivity contribution in [3.63, 3.8) is 0 Å². The van der Waals surface area contributed by atoms with Gasteiger partial charge in [-0.15, -0.1) is 0 Å². The Hall–Kier alpha value is -3.93. The van der Waals surface area contributed by atoms with Crippen molar-refractivity contribution < 1.29 is 14.1 Å². The molecule has 0 saturated carbocycles. The summed E-state index contributed by atoms with van der Waals surface area (Å²) in [7, 11) is 0. The number of hydrogen-bond acceptors (Lipinski definition) is 5. The summed E-state index contributed by atoms with van der Waals surface area (Å²) in [6.07, 6.45) is 1.37. The van der Waals surface area contributed by atoms with Crippen molar-refractivity contribution in [2.75, 3.05) is 6.61 Å². The number of ether oxygens (including phenoxy) is 1. The summed E-state index contributed by atoms with van der Waals surface area (Å²) in [4.78, 5) is 17.2. The van der Waals surface area contributed by atoms with Gasteiger partial charge < -0.3 is 14.6 Å². The van der Waals surface area contributed by atoms with Crippen LogP contribution in [0.5, 0.6) is 5.75 Å². The number of rotatable bonds is 10. The Morgan fingerprint density at radius 2 is 1.67 bits per heavy atom. The van der Waals surface area contributed by atoms with Crippen molar-refractivity contribution in [1.82, 2.24) is 15.5 Å². The van der Waals surface area contributed by atoms with Gasteiger partial charge in [0.2, 0.25) is 17.6 Å². The largest absolute Gasteiger partial charge is 0.494 e. The van der Waals surface area contributed by atoms with E-state index in [1.807, 2.05) is 79.7 Å². The number of aryl methyl sites for hydroxylation is 1. The molecular formula is C27H27N3O3. The number of carbonyl (C=O) groups excluding carboxylic acids is 1. The Balaban J connectivity index is 1.36. The van der Waals surface area contributed by atoms with Crippen LogP contribution in [0, 0.1) is 0 Å². The normalized spacial score (nSPS) is 11.7. The molecule has 6 nitrogen and oxygen atoms in total. The Kier molecular flexibility index (Phi) is 7.48. The number of aromatic nitrogens is 2. The van der Waals surface area contributed by atoms with E-state index in [0.717, 1.165) is 23.3 Å². The van der Waals surface area contributed by atoms with Gasteiger partial charge in [0.15, 0.2) is 0 Å². The minimum absolute atomic E-state index is 0.0550. The first kappa shape index (κ1) is 22.3. The maximum absolute atomic E-state index is 12.8. The lowest BCUT2D eigenvalue weighted by molar-refractivity contribution is -0.121. The second-order valence-corrected chi connectivity index (χ2v) is 7.69. The van der Waals surface area contributed by atoms with Crippen LogP contribution < -0.4 is 10.1 Å². The lowest BCUT2D eigenvalue weighted by Crippen LogP contribution is -2.30. The topological polar surface area (TPSA) is 77.2 Å². The van der Waals surface area contributed by atoms with Crippen LogP contribution in [-0.2, 0) is 17.6 Å². The second-order valence-electron chi connectivity index (χ2n) is 7.69. The van der Waals surface area contributed by atoms with E-state index in [4.69, 9.17) is 9.26 Å². The predicted octanol–water partition coefficient (Wildman–Crippen LogP) is 5.17. The van der Waals surface area contributed by atoms with Gasteiger partial charge in [-0.05, 0) is 48.7 Å². The van der Waals surface area contributed by atoms with Crippen LogP contribution in [-0.4, -0.2) is 22.7 Å². The van der Waals surface area contributed by atoms with Crippen molar-refractivity contribution >= 4 is 5.91 Å². The molecule has 4 aromatic rings. The highest BCUT2D eigenvalue weighted by molar-refractivity contribution is 5.76. The highest BCUT2D eigenvalue weighted by atomic mass is 16.5. The van der Waals surface area contributed by atoms with Crippen LogP contribution in [0.2, 0.25) is 0 Å². The van der Waals surface area contributed by atoms with Gasteiger partial charge in [-0.2, -0.15) is 4.98 Å². The van der Waals surface area contributed by atoms with Crippen LogP contribution in [0.25, 0.3) is 11.4 Å². The number of amides is 1. The van der Waals surface area contributed by atoms with Gasteiger partial charge >= 0.3 is 0 Å². The third-order valence-electron chi connectivity index (χ3n) is 5.28. The van der Waals surface area contributed by atoms with E-state index < -0.39 is 0 Å². The first-order valence-electron chi connectivity index (χ1n) is 11.2. The molecule has 0 aliphatic carbocycles. The van der Waals surface area contributed by atoms with Crippen molar-refractivity contribution in [3.8, 4) is 17.1 Å². The number of hydrogen-bond donors (Lipinski definition) is 1. The number of nitrogens with one attached hydrogen (secondary N) is 1. The van der Waals surface area contributed by atoms with E-state index in [1.54, 1.807) is 0 Å². The lowest BCUT2D eigenvalue weighted by atomic mass is 9.98. The molecule has 3 aromatic carbocycles. The molecule has 33 heavy (non-hydrogen) atoms. The zero-order chi connectivity index (χ0) is 22.9. The Morgan fingerprint density at radius 1 is 0.970 bits per heavy atom. The molecule has 0 radical (unpaired) electrons. The quantitative estimate of drug-likeness (QED) is 0.367. The fourth-order valence-electron chi connectivity index (χ4n) is 3.61. The van der Waals surface area contributed by atoms with Crippen LogP contribution in [0.3, 0.4) is 0 Å². The van der Waals surface area contributed by atoms with Gasteiger partial charge in [0, 0.05) is 18.4 Å². The molecule has 0 bridgehead atoms. The SMILES string of the molecule is CCOc1ccc(-c2noc(CCC(=O)NC(Cc3ccccc3)c3ccccc3)n2)cc1. The zero-order valence-electron chi connectivity index (χ0n) is 18.6. The first-order chi connectivity index (χ1) is 16.2. The molecule has 1 aromatic heterocycles. The Bertz CT molecular complexity index is 1140. The van der Waals surface area contributed by atoms with Gasteiger partial charge in [-0.1, -0.05) is 65.8 Å². The summed E-state index contributed by atoms with van der Waals surface area (Å²) < 4.78 is 10.8. The van der Waals surface area contributed by atoms with Crippen LogP contribution in [0.15, 0.2) is 89.5 Å². The van der Waals surface area contributed by atoms with E-state index in [-0.39, 0.29) is 18.4 Å². The summed E-state index contributed by atoms with van der Waals surface area (Å²) in [5.74, 6) is 1.68. The number of benzene rings is 3. The zero-order valence-corrected chi connectivity index (χ0v) is 18.6. The second kappa shape index (κ2) is 11.1. The summed E-state index contributed by atoms with van der Waals surface area (Å²) >= 11 is 0. The molecule has 0 fully saturated rings. The van der Waals surface area contributed by atoms with Crippen molar-refractivity contribution in [2.45, 2.75) is 32.2 Å². The van der Waals surface area contributed by atoms with Gasteiger partial charge in [0.1, 0.15) is 5.75 Å². The molecule has 4 rings (SSSR count).